The van der Waals surface area contributed by atoms with Crippen molar-refractivity contribution in [2.45, 2.75) is 46.1 Å². The number of aromatic nitrogens is 2. The molecule has 0 atom stereocenters. The second kappa shape index (κ2) is 5.65. The zero-order chi connectivity index (χ0) is 13.1. The lowest BCUT2D eigenvalue weighted by Crippen LogP contribution is -2.38. The first kappa shape index (κ1) is 13.3. The van der Waals surface area contributed by atoms with Crippen LogP contribution in [0.1, 0.15) is 49.8 Å². The highest BCUT2D eigenvalue weighted by molar-refractivity contribution is 5.92. The van der Waals surface area contributed by atoms with Gasteiger partial charge < -0.3 is 4.90 Å². The van der Waals surface area contributed by atoms with Crippen LogP contribution in [-0.4, -0.2) is 40.0 Å². The molecule has 1 N–H and O–H groups in total. The van der Waals surface area contributed by atoms with Gasteiger partial charge in [-0.25, -0.2) is 0 Å². The molecule has 0 unspecified atom stereocenters. The molecular weight excluding hydrogens is 226 g/mol. The Labute approximate surface area is 109 Å². The van der Waals surface area contributed by atoms with Crippen LogP contribution in [0.3, 0.4) is 0 Å². The van der Waals surface area contributed by atoms with E-state index >= 15 is 0 Å². The smallest absolute Gasteiger partial charge is 0.179 e. The molecule has 2 heterocycles. The Morgan fingerprint density at radius 1 is 1.50 bits per heavy atom. The van der Waals surface area contributed by atoms with Crippen LogP contribution >= 0.6 is 0 Å². The summed E-state index contributed by atoms with van der Waals surface area (Å²) in [7, 11) is 0. The van der Waals surface area contributed by atoms with E-state index in [4.69, 9.17) is 0 Å². The fraction of sp³-hybridized carbons (Fsp3) is 0.714. The maximum absolute atomic E-state index is 11.2. The molecule has 0 bridgehead atoms. The molecule has 0 amide bonds. The van der Waals surface area contributed by atoms with Gasteiger partial charge in [-0.3, -0.25) is 9.89 Å². The van der Waals surface area contributed by atoms with Gasteiger partial charge in [-0.15, -0.1) is 0 Å². The van der Waals surface area contributed by atoms with Crippen molar-refractivity contribution in [1.82, 2.24) is 15.1 Å². The van der Waals surface area contributed by atoms with Crippen LogP contribution in [0.2, 0.25) is 0 Å². The molecular formula is C14H23N3O. The summed E-state index contributed by atoms with van der Waals surface area (Å²) < 4.78 is 0. The Bertz CT molecular complexity index is 403. The third-order valence-electron chi connectivity index (χ3n) is 3.88. The molecule has 0 radical (unpaired) electrons. The van der Waals surface area contributed by atoms with Crippen LogP contribution in [0.25, 0.3) is 0 Å². The highest BCUT2D eigenvalue weighted by Gasteiger charge is 2.21. The summed E-state index contributed by atoms with van der Waals surface area (Å²) in [4.78, 5) is 13.7. The fourth-order valence-corrected chi connectivity index (χ4v) is 2.63. The van der Waals surface area contributed by atoms with E-state index in [-0.39, 0.29) is 5.78 Å². The number of nitrogens with zero attached hydrogens (tertiary/aromatic N) is 2. The predicted octanol–water partition coefficient (Wildman–Crippen LogP) is 2.28. The second-order valence-corrected chi connectivity index (χ2v) is 5.61. The number of rotatable bonds is 4. The average Bonchev–Trinajstić information content (AvgIpc) is 2.78. The summed E-state index contributed by atoms with van der Waals surface area (Å²) in [6.45, 7) is 8.45. The van der Waals surface area contributed by atoms with E-state index in [1.54, 1.807) is 6.92 Å². The number of likely N-dealkylation sites (tertiary alicyclic amines) is 1. The van der Waals surface area contributed by atoms with Gasteiger partial charge in [0, 0.05) is 18.7 Å². The van der Waals surface area contributed by atoms with Gasteiger partial charge in [0.25, 0.3) is 0 Å². The minimum absolute atomic E-state index is 0.0344. The van der Waals surface area contributed by atoms with E-state index in [0.29, 0.717) is 11.7 Å². The molecule has 0 aliphatic carbocycles. The highest BCUT2D eigenvalue weighted by Crippen LogP contribution is 2.22. The number of hydrogen-bond donors (Lipinski definition) is 1. The van der Waals surface area contributed by atoms with Crippen LogP contribution < -0.4 is 0 Å². The normalized spacial score (nSPS) is 18.4. The summed E-state index contributed by atoms with van der Waals surface area (Å²) in [5.41, 5.74) is 1.66. The van der Waals surface area contributed by atoms with Crippen molar-refractivity contribution in [3.8, 4) is 0 Å². The van der Waals surface area contributed by atoms with Gasteiger partial charge >= 0.3 is 0 Å². The summed E-state index contributed by atoms with van der Waals surface area (Å²) in [5, 5.41) is 7.02. The molecule has 4 heteroatoms. The fourth-order valence-electron chi connectivity index (χ4n) is 2.63. The molecule has 0 aromatic carbocycles. The van der Waals surface area contributed by atoms with E-state index < -0.39 is 0 Å². The molecule has 1 aliphatic rings. The van der Waals surface area contributed by atoms with E-state index in [2.05, 4.69) is 28.9 Å². The molecule has 100 valence electrons. The van der Waals surface area contributed by atoms with Crippen LogP contribution in [-0.2, 0) is 6.42 Å². The van der Waals surface area contributed by atoms with Crippen LogP contribution in [0.15, 0.2) is 6.07 Å². The lowest BCUT2D eigenvalue weighted by atomic mass is 9.91. The van der Waals surface area contributed by atoms with Crippen molar-refractivity contribution >= 4 is 5.78 Å². The standard InChI is InChI=1S/C14H23N3O/c1-10(2)17-6-4-12(5-7-17)8-13-9-14(11(3)18)16-15-13/h9-10,12H,4-8H2,1-3H3,(H,15,16). The SMILES string of the molecule is CC(=O)c1cc(CC2CCN(C(C)C)CC2)[nH]n1. The first-order chi connectivity index (χ1) is 8.56. The summed E-state index contributed by atoms with van der Waals surface area (Å²) in [6.07, 6.45) is 3.51. The monoisotopic (exact) mass is 249 g/mol. The zero-order valence-corrected chi connectivity index (χ0v) is 11.6. The van der Waals surface area contributed by atoms with E-state index in [9.17, 15) is 4.79 Å². The second-order valence-electron chi connectivity index (χ2n) is 5.61. The summed E-state index contributed by atoms with van der Waals surface area (Å²) in [6, 6.07) is 2.55. The number of hydrogen-bond acceptors (Lipinski definition) is 3. The minimum atomic E-state index is 0.0344. The Hall–Kier alpha value is -1.16. The number of carbonyl (C=O) groups is 1. The van der Waals surface area contributed by atoms with Gasteiger partial charge in [-0.05, 0) is 58.2 Å². The van der Waals surface area contributed by atoms with Crippen LogP contribution in [0, 0.1) is 5.92 Å². The van der Waals surface area contributed by atoms with Gasteiger partial charge in [-0.2, -0.15) is 5.10 Å². The molecule has 1 saturated heterocycles. The van der Waals surface area contributed by atoms with Crippen molar-refractivity contribution in [1.29, 1.82) is 0 Å². The zero-order valence-electron chi connectivity index (χ0n) is 11.6. The van der Waals surface area contributed by atoms with Gasteiger partial charge in [0.15, 0.2) is 5.78 Å². The quantitative estimate of drug-likeness (QED) is 0.833. The Kier molecular flexibility index (Phi) is 4.17. The van der Waals surface area contributed by atoms with Gasteiger partial charge in [0.2, 0.25) is 0 Å². The molecule has 1 fully saturated rings. The predicted molar refractivity (Wildman–Crippen MR) is 71.7 cm³/mol. The number of H-pyrrole nitrogens is 1. The van der Waals surface area contributed by atoms with Crippen molar-refractivity contribution in [2.75, 3.05) is 13.1 Å². The largest absolute Gasteiger partial charge is 0.301 e. The average molecular weight is 249 g/mol. The minimum Gasteiger partial charge on any atom is -0.301 e. The van der Waals surface area contributed by atoms with Gasteiger partial charge in [0.1, 0.15) is 5.69 Å². The first-order valence-electron chi connectivity index (χ1n) is 6.85. The molecule has 0 spiro atoms. The van der Waals surface area contributed by atoms with E-state index in [1.807, 2.05) is 6.07 Å². The maximum Gasteiger partial charge on any atom is 0.179 e. The van der Waals surface area contributed by atoms with Gasteiger partial charge in [-0.1, -0.05) is 0 Å². The number of carbonyl (C=O) groups excluding carboxylic acids is 1. The molecule has 1 aliphatic heterocycles. The van der Waals surface area contributed by atoms with E-state index in [0.717, 1.165) is 18.0 Å². The molecule has 1 aromatic rings. The van der Waals surface area contributed by atoms with Crippen molar-refractivity contribution in [2.24, 2.45) is 5.92 Å². The van der Waals surface area contributed by atoms with Crippen LogP contribution in [0.4, 0.5) is 0 Å². The van der Waals surface area contributed by atoms with Gasteiger partial charge in [0.05, 0.1) is 0 Å². The molecule has 4 nitrogen and oxygen atoms in total. The number of nitrogens with one attached hydrogen (secondary N) is 1. The lowest BCUT2D eigenvalue weighted by molar-refractivity contribution is 0.101. The number of ketones is 1. The maximum atomic E-state index is 11.2. The first-order valence-corrected chi connectivity index (χ1v) is 6.85. The molecule has 18 heavy (non-hydrogen) atoms. The third kappa shape index (κ3) is 3.19. The number of Topliss-reactive ketones (excluding diaryl/α,β-unsaturated/α-hetero) is 1. The summed E-state index contributed by atoms with van der Waals surface area (Å²) in [5.74, 6) is 0.757. The van der Waals surface area contributed by atoms with Crippen LogP contribution in [0.5, 0.6) is 0 Å². The molecule has 1 aromatic heterocycles. The van der Waals surface area contributed by atoms with Crippen molar-refractivity contribution in [3.63, 3.8) is 0 Å². The van der Waals surface area contributed by atoms with Crippen molar-refractivity contribution in [3.05, 3.63) is 17.5 Å². The highest BCUT2D eigenvalue weighted by atomic mass is 16.1. The lowest BCUT2D eigenvalue weighted by Gasteiger charge is -2.34. The third-order valence-corrected chi connectivity index (χ3v) is 3.88. The topological polar surface area (TPSA) is 49.0 Å². The Morgan fingerprint density at radius 3 is 2.67 bits per heavy atom. The Balaban J connectivity index is 1.85. The van der Waals surface area contributed by atoms with Crippen molar-refractivity contribution < 1.29 is 4.79 Å². The van der Waals surface area contributed by atoms with E-state index in [1.165, 1.54) is 25.9 Å². The Morgan fingerprint density at radius 2 is 2.17 bits per heavy atom. The number of aromatic amines is 1. The summed E-state index contributed by atoms with van der Waals surface area (Å²) >= 11 is 0. The molecule has 0 saturated carbocycles. The number of piperidine rings is 1. The molecule has 2 rings (SSSR count).